The van der Waals surface area contributed by atoms with Gasteiger partial charge in [-0.3, -0.25) is 9.59 Å². The second-order valence-corrected chi connectivity index (χ2v) is 7.64. The lowest BCUT2D eigenvalue weighted by atomic mass is 10.0. The van der Waals surface area contributed by atoms with Crippen LogP contribution in [0.2, 0.25) is 0 Å². The largest absolute Gasteiger partial charge is 0.493 e. The van der Waals surface area contributed by atoms with Gasteiger partial charge in [0.2, 0.25) is 5.91 Å². The summed E-state index contributed by atoms with van der Waals surface area (Å²) < 4.78 is 10.7. The SMILES string of the molecule is CCNC(=O)Cc1c(C)nc(C2CCN(C(=O)c3cccc(OC)c3OC)C2)nc1C. The molecule has 31 heavy (non-hydrogen) atoms. The van der Waals surface area contributed by atoms with Crippen LogP contribution in [-0.2, 0) is 11.2 Å². The number of aromatic nitrogens is 2. The Balaban J connectivity index is 1.77. The van der Waals surface area contributed by atoms with Gasteiger partial charge in [0, 0.05) is 42.5 Å². The summed E-state index contributed by atoms with van der Waals surface area (Å²) in [6.45, 7) is 7.46. The number of amides is 2. The summed E-state index contributed by atoms with van der Waals surface area (Å²) in [5, 5.41) is 2.81. The van der Waals surface area contributed by atoms with Crippen molar-refractivity contribution in [2.45, 2.75) is 39.5 Å². The zero-order valence-electron chi connectivity index (χ0n) is 18.8. The molecule has 3 rings (SSSR count). The van der Waals surface area contributed by atoms with Crippen molar-refractivity contribution in [3.8, 4) is 11.5 Å². The van der Waals surface area contributed by atoms with Gasteiger partial charge in [0.05, 0.1) is 26.2 Å². The molecule has 0 aliphatic carbocycles. The number of carbonyl (C=O) groups is 2. The molecule has 0 saturated carbocycles. The van der Waals surface area contributed by atoms with Crippen molar-refractivity contribution in [3.05, 3.63) is 46.5 Å². The third-order valence-corrected chi connectivity index (χ3v) is 5.62. The molecule has 0 bridgehead atoms. The van der Waals surface area contributed by atoms with Crippen LogP contribution in [0.15, 0.2) is 18.2 Å². The average molecular weight is 427 g/mol. The number of methoxy groups -OCH3 is 2. The number of para-hydroxylation sites is 1. The number of hydrogen-bond donors (Lipinski definition) is 1. The number of nitrogens with one attached hydrogen (secondary N) is 1. The van der Waals surface area contributed by atoms with Crippen LogP contribution in [0.4, 0.5) is 0 Å². The van der Waals surface area contributed by atoms with Crippen molar-refractivity contribution in [1.29, 1.82) is 0 Å². The van der Waals surface area contributed by atoms with E-state index in [2.05, 4.69) is 15.3 Å². The Kier molecular flexibility index (Phi) is 7.09. The van der Waals surface area contributed by atoms with E-state index < -0.39 is 0 Å². The van der Waals surface area contributed by atoms with E-state index in [9.17, 15) is 9.59 Å². The average Bonchev–Trinajstić information content (AvgIpc) is 3.25. The fourth-order valence-corrected chi connectivity index (χ4v) is 4.01. The summed E-state index contributed by atoms with van der Waals surface area (Å²) in [4.78, 5) is 36.3. The van der Waals surface area contributed by atoms with Gasteiger partial charge in [0.25, 0.3) is 5.91 Å². The number of carbonyl (C=O) groups excluding carboxylic acids is 2. The van der Waals surface area contributed by atoms with E-state index in [0.717, 1.165) is 29.2 Å². The van der Waals surface area contributed by atoms with E-state index in [1.54, 1.807) is 30.2 Å². The summed E-state index contributed by atoms with van der Waals surface area (Å²) in [5.41, 5.74) is 2.97. The Bertz CT molecular complexity index is 953. The van der Waals surface area contributed by atoms with Crippen molar-refractivity contribution in [2.75, 3.05) is 33.9 Å². The third-order valence-electron chi connectivity index (χ3n) is 5.62. The molecule has 2 aromatic rings. The minimum atomic E-state index is -0.0976. The highest BCUT2D eigenvalue weighted by atomic mass is 16.5. The molecule has 1 N–H and O–H groups in total. The monoisotopic (exact) mass is 426 g/mol. The van der Waals surface area contributed by atoms with E-state index in [1.165, 1.54) is 7.11 Å². The number of likely N-dealkylation sites (tertiary alicyclic amines) is 1. The van der Waals surface area contributed by atoms with Crippen molar-refractivity contribution in [1.82, 2.24) is 20.2 Å². The summed E-state index contributed by atoms with van der Waals surface area (Å²) in [5.74, 6) is 1.62. The Morgan fingerprint density at radius 3 is 2.48 bits per heavy atom. The zero-order chi connectivity index (χ0) is 22.5. The second-order valence-electron chi connectivity index (χ2n) is 7.64. The van der Waals surface area contributed by atoms with Gasteiger partial charge in [-0.15, -0.1) is 0 Å². The second kappa shape index (κ2) is 9.76. The van der Waals surface area contributed by atoms with Crippen molar-refractivity contribution in [3.63, 3.8) is 0 Å². The van der Waals surface area contributed by atoms with Crippen LogP contribution in [0, 0.1) is 13.8 Å². The number of rotatable bonds is 7. The maximum absolute atomic E-state index is 13.1. The maximum Gasteiger partial charge on any atom is 0.257 e. The van der Waals surface area contributed by atoms with E-state index in [-0.39, 0.29) is 24.2 Å². The van der Waals surface area contributed by atoms with Crippen LogP contribution >= 0.6 is 0 Å². The zero-order valence-corrected chi connectivity index (χ0v) is 18.8. The molecule has 8 nitrogen and oxygen atoms in total. The topological polar surface area (TPSA) is 93.7 Å². The molecule has 1 fully saturated rings. The molecular formula is C23H30N4O4. The summed E-state index contributed by atoms with van der Waals surface area (Å²) in [7, 11) is 3.08. The van der Waals surface area contributed by atoms with Crippen LogP contribution in [0.3, 0.4) is 0 Å². The summed E-state index contributed by atoms with van der Waals surface area (Å²) >= 11 is 0. The Labute approximate surface area is 183 Å². The van der Waals surface area contributed by atoms with Crippen LogP contribution in [-0.4, -0.2) is 60.5 Å². The molecule has 0 radical (unpaired) electrons. The number of nitrogens with zero attached hydrogens (tertiary/aromatic N) is 3. The van der Waals surface area contributed by atoms with E-state index in [0.29, 0.717) is 36.7 Å². The van der Waals surface area contributed by atoms with Crippen LogP contribution in [0.25, 0.3) is 0 Å². The lowest BCUT2D eigenvalue weighted by molar-refractivity contribution is -0.120. The maximum atomic E-state index is 13.1. The number of benzene rings is 1. The molecule has 166 valence electrons. The Morgan fingerprint density at radius 1 is 1.16 bits per heavy atom. The highest BCUT2D eigenvalue weighted by Crippen LogP contribution is 2.34. The van der Waals surface area contributed by atoms with Crippen molar-refractivity contribution >= 4 is 11.8 Å². The van der Waals surface area contributed by atoms with E-state index >= 15 is 0 Å². The molecule has 1 atom stereocenters. The van der Waals surface area contributed by atoms with Crippen LogP contribution in [0.1, 0.15) is 52.4 Å². The van der Waals surface area contributed by atoms with Crippen molar-refractivity contribution in [2.24, 2.45) is 0 Å². The molecule has 1 aromatic carbocycles. The summed E-state index contributed by atoms with van der Waals surface area (Å²) in [6, 6.07) is 5.30. The van der Waals surface area contributed by atoms with Gasteiger partial charge < -0.3 is 19.7 Å². The van der Waals surface area contributed by atoms with Gasteiger partial charge in [0.1, 0.15) is 5.82 Å². The van der Waals surface area contributed by atoms with Crippen LogP contribution < -0.4 is 14.8 Å². The van der Waals surface area contributed by atoms with Gasteiger partial charge in [-0.25, -0.2) is 9.97 Å². The number of likely N-dealkylation sites (N-methyl/N-ethyl adjacent to an activating group) is 1. The molecular weight excluding hydrogens is 396 g/mol. The lowest BCUT2D eigenvalue weighted by Crippen LogP contribution is -2.29. The first-order chi connectivity index (χ1) is 14.9. The van der Waals surface area contributed by atoms with Gasteiger partial charge in [0.15, 0.2) is 11.5 Å². The third kappa shape index (κ3) is 4.78. The molecule has 1 aliphatic heterocycles. The quantitative estimate of drug-likeness (QED) is 0.731. The molecule has 1 unspecified atom stereocenters. The van der Waals surface area contributed by atoms with Gasteiger partial charge in [-0.1, -0.05) is 6.07 Å². The normalized spacial score (nSPS) is 15.6. The van der Waals surface area contributed by atoms with Crippen LogP contribution in [0.5, 0.6) is 11.5 Å². The number of aryl methyl sites for hydroxylation is 2. The minimum Gasteiger partial charge on any atom is -0.493 e. The molecule has 8 heteroatoms. The molecule has 0 spiro atoms. The fraction of sp³-hybridized carbons (Fsp3) is 0.478. The summed E-state index contributed by atoms with van der Waals surface area (Å²) in [6.07, 6.45) is 1.06. The highest BCUT2D eigenvalue weighted by molar-refractivity contribution is 5.98. The smallest absolute Gasteiger partial charge is 0.257 e. The predicted molar refractivity (Wildman–Crippen MR) is 117 cm³/mol. The molecule has 2 heterocycles. The minimum absolute atomic E-state index is 0.0325. The first-order valence-electron chi connectivity index (χ1n) is 10.5. The Hall–Kier alpha value is -3.16. The molecule has 1 aliphatic rings. The molecule has 1 aromatic heterocycles. The van der Waals surface area contributed by atoms with E-state index in [4.69, 9.17) is 9.47 Å². The first kappa shape index (κ1) is 22.5. The molecule has 2 amide bonds. The standard InChI is InChI=1S/C23H30N4O4/c1-6-24-20(28)12-18-14(2)25-22(26-15(18)3)16-10-11-27(13-16)23(29)17-8-7-9-19(30-4)21(17)31-5/h7-9,16H,6,10-13H2,1-5H3,(H,24,28). The van der Waals surface area contributed by atoms with Crippen molar-refractivity contribution < 1.29 is 19.1 Å². The Morgan fingerprint density at radius 2 is 1.87 bits per heavy atom. The lowest BCUT2D eigenvalue weighted by Gasteiger charge is -2.19. The first-order valence-corrected chi connectivity index (χ1v) is 10.5. The predicted octanol–water partition coefficient (Wildman–Crippen LogP) is 2.42. The van der Waals surface area contributed by atoms with Gasteiger partial charge >= 0.3 is 0 Å². The molecule has 1 saturated heterocycles. The number of hydrogen-bond acceptors (Lipinski definition) is 6. The highest BCUT2D eigenvalue weighted by Gasteiger charge is 2.32. The number of ether oxygens (including phenoxy) is 2. The van der Waals surface area contributed by atoms with Gasteiger partial charge in [-0.2, -0.15) is 0 Å². The fourth-order valence-electron chi connectivity index (χ4n) is 4.01. The van der Waals surface area contributed by atoms with Gasteiger partial charge in [-0.05, 0) is 39.3 Å². The van der Waals surface area contributed by atoms with E-state index in [1.807, 2.05) is 20.8 Å².